The van der Waals surface area contributed by atoms with Crippen LogP contribution in [0.3, 0.4) is 0 Å². The Morgan fingerprint density at radius 1 is 1.05 bits per heavy atom. The first kappa shape index (κ1) is 14.5. The summed E-state index contributed by atoms with van der Waals surface area (Å²) in [5.74, 6) is 1.59. The SMILES string of the molecule is CCc1ccc(Oc2cncc(CC(N)CC)c2)cc1. The molecule has 1 atom stereocenters. The van der Waals surface area contributed by atoms with Crippen molar-refractivity contribution in [3.63, 3.8) is 0 Å². The van der Waals surface area contributed by atoms with Gasteiger partial charge in [-0.25, -0.2) is 0 Å². The fourth-order valence-corrected chi connectivity index (χ4v) is 2.01. The molecule has 0 fully saturated rings. The molecule has 0 aliphatic rings. The largest absolute Gasteiger partial charge is 0.456 e. The lowest BCUT2D eigenvalue weighted by Gasteiger charge is -2.10. The van der Waals surface area contributed by atoms with E-state index in [1.807, 2.05) is 24.4 Å². The van der Waals surface area contributed by atoms with E-state index in [1.165, 1.54) is 5.56 Å². The molecule has 0 saturated heterocycles. The molecule has 0 aliphatic heterocycles. The quantitative estimate of drug-likeness (QED) is 0.870. The van der Waals surface area contributed by atoms with Crippen LogP contribution in [0.4, 0.5) is 0 Å². The molecule has 0 bridgehead atoms. The number of nitrogens with two attached hydrogens (primary N) is 1. The van der Waals surface area contributed by atoms with Crippen LogP contribution in [0.15, 0.2) is 42.7 Å². The minimum atomic E-state index is 0.177. The van der Waals surface area contributed by atoms with E-state index < -0.39 is 0 Å². The van der Waals surface area contributed by atoms with Gasteiger partial charge in [-0.05, 0) is 48.6 Å². The molecule has 2 rings (SSSR count). The third-order valence-electron chi connectivity index (χ3n) is 3.36. The van der Waals surface area contributed by atoms with E-state index in [1.54, 1.807) is 6.20 Å². The van der Waals surface area contributed by atoms with Crippen molar-refractivity contribution in [1.29, 1.82) is 0 Å². The lowest BCUT2D eigenvalue weighted by Crippen LogP contribution is -2.21. The second kappa shape index (κ2) is 7.06. The maximum absolute atomic E-state index is 5.97. The topological polar surface area (TPSA) is 48.1 Å². The van der Waals surface area contributed by atoms with Crippen LogP contribution in [0.1, 0.15) is 31.4 Å². The minimum absolute atomic E-state index is 0.177. The van der Waals surface area contributed by atoms with Gasteiger partial charge in [0.25, 0.3) is 0 Å². The highest BCUT2D eigenvalue weighted by molar-refractivity contribution is 5.33. The Bertz CT molecular complexity index is 537. The van der Waals surface area contributed by atoms with Crippen LogP contribution < -0.4 is 10.5 Å². The van der Waals surface area contributed by atoms with Gasteiger partial charge in [-0.15, -0.1) is 0 Å². The van der Waals surface area contributed by atoms with Gasteiger partial charge in [-0.2, -0.15) is 0 Å². The summed E-state index contributed by atoms with van der Waals surface area (Å²) in [6.45, 7) is 4.23. The van der Waals surface area contributed by atoms with Gasteiger partial charge < -0.3 is 10.5 Å². The number of aromatic nitrogens is 1. The van der Waals surface area contributed by atoms with Crippen molar-refractivity contribution in [2.45, 2.75) is 39.2 Å². The molecular formula is C17H22N2O. The van der Waals surface area contributed by atoms with E-state index in [0.717, 1.165) is 36.3 Å². The summed E-state index contributed by atoms with van der Waals surface area (Å²) >= 11 is 0. The second-order valence-electron chi connectivity index (χ2n) is 5.00. The summed E-state index contributed by atoms with van der Waals surface area (Å²) in [5.41, 5.74) is 8.39. The standard InChI is InChI=1S/C17H22N2O/c1-3-13-5-7-16(8-6-13)20-17-10-14(11-19-12-17)9-15(18)4-2/h5-8,10-12,15H,3-4,9,18H2,1-2H3. The Labute approximate surface area is 120 Å². The lowest BCUT2D eigenvalue weighted by molar-refractivity contribution is 0.478. The molecule has 1 aromatic heterocycles. The Kier molecular flexibility index (Phi) is 5.13. The highest BCUT2D eigenvalue weighted by atomic mass is 16.5. The number of nitrogens with zero attached hydrogens (tertiary/aromatic N) is 1. The zero-order valence-electron chi connectivity index (χ0n) is 12.2. The maximum Gasteiger partial charge on any atom is 0.145 e. The third-order valence-corrected chi connectivity index (χ3v) is 3.36. The van der Waals surface area contributed by atoms with Gasteiger partial charge in [0.15, 0.2) is 0 Å². The minimum Gasteiger partial charge on any atom is -0.456 e. The molecule has 0 amide bonds. The molecule has 3 nitrogen and oxygen atoms in total. The van der Waals surface area contributed by atoms with Crippen molar-refractivity contribution in [3.05, 3.63) is 53.9 Å². The summed E-state index contributed by atoms with van der Waals surface area (Å²) in [4.78, 5) is 4.22. The van der Waals surface area contributed by atoms with E-state index in [9.17, 15) is 0 Å². The summed E-state index contributed by atoms with van der Waals surface area (Å²) in [7, 11) is 0. The van der Waals surface area contributed by atoms with Crippen LogP contribution in [0.5, 0.6) is 11.5 Å². The van der Waals surface area contributed by atoms with Crippen molar-refractivity contribution in [1.82, 2.24) is 4.98 Å². The fourth-order valence-electron chi connectivity index (χ4n) is 2.01. The summed E-state index contributed by atoms with van der Waals surface area (Å²) < 4.78 is 5.83. The number of benzene rings is 1. The highest BCUT2D eigenvalue weighted by Crippen LogP contribution is 2.22. The number of rotatable bonds is 6. The van der Waals surface area contributed by atoms with Gasteiger partial charge in [-0.3, -0.25) is 4.98 Å². The normalized spacial score (nSPS) is 12.2. The van der Waals surface area contributed by atoms with Gasteiger partial charge in [-0.1, -0.05) is 26.0 Å². The molecule has 0 radical (unpaired) electrons. The van der Waals surface area contributed by atoms with Crippen LogP contribution in [-0.4, -0.2) is 11.0 Å². The molecule has 0 spiro atoms. The number of pyridine rings is 1. The van der Waals surface area contributed by atoms with Crippen LogP contribution in [0, 0.1) is 0 Å². The molecular weight excluding hydrogens is 248 g/mol. The average Bonchev–Trinajstić information content (AvgIpc) is 2.48. The maximum atomic E-state index is 5.97. The van der Waals surface area contributed by atoms with Crippen molar-refractivity contribution in [3.8, 4) is 11.5 Å². The van der Waals surface area contributed by atoms with E-state index in [0.29, 0.717) is 0 Å². The van der Waals surface area contributed by atoms with Crippen LogP contribution >= 0.6 is 0 Å². The summed E-state index contributed by atoms with van der Waals surface area (Å²) in [6.07, 6.45) is 6.41. The Morgan fingerprint density at radius 3 is 2.45 bits per heavy atom. The summed E-state index contributed by atoms with van der Waals surface area (Å²) in [6, 6.07) is 10.3. The van der Waals surface area contributed by atoms with Gasteiger partial charge >= 0.3 is 0 Å². The molecule has 2 N–H and O–H groups in total. The van der Waals surface area contributed by atoms with Crippen LogP contribution in [0.25, 0.3) is 0 Å². The van der Waals surface area contributed by atoms with Gasteiger partial charge in [0, 0.05) is 12.2 Å². The van der Waals surface area contributed by atoms with E-state index in [2.05, 4.69) is 31.0 Å². The Balaban J connectivity index is 2.06. The Hall–Kier alpha value is -1.87. The van der Waals surface area contributed by atoms with Crippen molar-refractivity contribution >= 4 is 0 Å². The molecule has 1 unspecified atom stereocenters. The molecule has 0 saturated carbocycles. The predicted octanol–water partition coefficient (Wildman–Crippen LogP) is 3.72. The lowest BCUT2D eigenvalue weighted by atomic mass is 10.1. The molecule has 1 heterocycles. The number of ether oxygens (including phenoxy) is 1. The van der Waals surface area contributed by atoms with Gasteiger partial charge in [0.05, 0.1) is 6.20 Å². The summed E-state index contributed by atoms with van der Waals surface area (Å²) in [5, 5.41) is 0. The Morgan fingerprint density at radius 2 is 1.80 bits per heavy atom. The second-order valence-corrected chi connectivity index (χ2v) is 5.00. The number of aryl methyl sites for hydroxylation is 1. The van der Waals surface area contributed by atoms with Crippen LogP contribution in [-0.2, 0) is 12.8 Å². The molecule has 2 aromatic rings. The molecule has 1 aromatic carbocycles. The first-order chi connectivity index (χ1) is 9.71. The van der Waals surface area contributed by atoms with Crippen LogP contribution in [0.2, 0.25) is 0 Å². The van der Waals surface area contributed by atoms with E-state index in [-0.39, 0.29) is 6.04 Å². The third kappa shape index (κ3) is 4.07. The van der Waals surface area contributed by atoms with E-state index >= 15 is 0 Å². The molecule has 0 aliphatic carbocycles. The highest BCUT2D eigenvalue weighted by Gasteiger charge is 2.04. The zero-order valence-corrected chi connectivity index (χ0v) is 12.2. The monoisotopic (exact) mass is 270 g/mol. The van der Waals surface area contributed by atoms with Crippen molar-refractivity contribution < 1.29 is 4.74 Å². The van der Waals surface area contributed by atoms with Gasteiger partial charge in [0.1, 0.15) is 11.5 Å². The van der Waals surface area contributed by atoms with Crippen molar-refractivity contribution in [2.24, 2.45) is 5.73 Å². The smallest absolute Gasteiger partial charge is 0.145 e. The fraction of sp³-hybridized carbons (Fsp3) is 0.353. The number of hydrogen-bond acceptors (Lipinski definition) is 3. The van der Waals surface area contributed by atoms with Crippen molar-refractivity contribution in [2.75, 3.05) is 0 Å². The molecule has 106 valence electrons. The first-order valence-electron chi connectivity index (χ1n) is 7.17. The average molecular weight is 270 g/mol. The van der Waals surface area contributed by atoms with E-state index in [4.69, 9.17) is 10.5 Å². The first-order valence-corrected chi connectivity index (χ1v) is 7.17. The number of hydrogen-bond donors (Lipinski definition) is 1. The zero-order chi connectivity index (χ0) is 14.4. The predicted molar refractivity (Wildman–Crippen MR) is 82.1 cm³/mol. The van der Waals surface area contributed by atoms with Gasteiger partial charge in [0.2, 0.25) is 0 Å². The molecule has 3 heteroatoms. The molecule has 20 heavy (non-hydrogen) atoms.